The lowest BCUT2D eigenvalue weighted by molar-refractivity contribution is 0.0690. The van der Waals surface area contributed by atoms with Crippen molar-refractivity contribution in [1.82, 2.24) is 4.98 Å². The third kappa shape index (κ3) is 2.56. The van der Waals surface area contributed by atoms with Crippen LogP contribution in [-0.2, 0) is 0 Å². The van der Waals surface area contributed by atoms with Gasteiger partial charge in [0.2, 0.25) is 0 Å². The SMILES string of the molecule is Cc1ccc(N(C)c2nc(C(=O)O)ccc2N)c(C)c1. The van der Waals surface area contributed by atoms with E-state index in [1.54, 1.807) is 11.0 Å². The first-order valence-corrected chi connectivity index (χ1v) is 6.21. The number of anilines is 3. The summed E-state index contributed by atoms with van der Waals surface area (Å²) in [6.45, 7) is 4.02. The second-order valence-corrected chi connectivity index (χ2v) is 4.76. The van der Waals surface area contributed by atoms with Crippen molar-refractivity contribution < 1.29 is 9.90 Å². The first-order valence-electron chi connectivity index (χ1n) is 6.21. The van der Waals surface area contributed by atoms with Gasteiger partial charge in [0.05, 0.1) is 5.69 Å². The topological polar surface area (TPSA) is 79.5 Å². The average molecular weight is 271 g/mol. The van der Waals surface area contributed by atoms with Gasteiger partial charge in [0, 0.05) is 12.7 Å². The molecule has 5 nitrogen and oxygen atoms in total. The molecule has 20 heavy (non-hydrogen) atoms. The predicted molar refractivity (Wildman–Crippen MR) is 79.6 cm³/mol. The maximum Gasteiger partial charge on any atom is 0.354 e. The smallest absolute Gasteiger partial charge is 0.354 e. The molecule has 0 bridgehead atoms. The second-order valence-electron chi connectivity index (χ2n) is 4.76. The molecule has 2 aromatic rings. The Balaban J connectivity index is 2.49. The minimum Gasteiger partial charge on any atom is -0.477 e. The van der Waals surface area contributed by atoms with E-state index in [0.29, 0.717) is 11.5 Å². The van der Waals surface area contributed by atoms with Crippen LogP contribution in [0, 0.1) is 13.8 Å². The molecular weight excluding hydrogens is 254 g/mol. The van der Waals surface area contributed by atoms with E-state index in [4.69, 9.17) is 10.8 Å². The van der Waals surface area contributed by atoms with Gasteiger partial charge in [-0.15, -0.1) is 0 Å². The zero-order chi connectivity index (χ0) is 14.9. The largest absolute Gasteiger partial charge is 0.477 e. The molecule has 0 aliphatic carbocycles. The summed E-state index contributed by atoms with van der Waals surface area (Å²) in [5.41, 5.74) is 9.52. The van der Waals surface area contributed by atoms with Crippen LogP contribution in [0.1, 0.15) is 21.6 Å². The number of rotatable bonds is 3. The number of nitrogens with zero attached hydrogens (tertiary/aromatic N) is 2. The molecule has 0 amide bonds. The van der Waals surface area contributed by atoms with Gasteiger partial charge in [-0.2, -0.15) is 0 Å². The number of benzene rings is 1. The van der Waals surface area contributed by atoms with Gasteiger partial charge in [-0.3, -0.25) is 0 Å². The molecule has 0 unspecified atom stereocenters. The summed E-state index contributed by atoms with van der Waals surface area (Å²) in [7, 11) is 1.82. The Morgan fingerprint density at radius 2 is 1.95 bits per heavy atom. The lowest BCUT2D eigenvalue weighted by Crippen LogP contribution is -2.16. The van der Waals surface area contributed by atoms with Gasteiger partial charge in [-0.25, -0.2) is 9.78 Å². The van der Waals surface area contributed by atoms with Crippen LogP contribution in [0.3, 0.4) is 0 Å². The highest BCUT2D eigenvalue weighted by Crippen LogP contribution is 2.30. The Hall–Kier alpha value is -2.56. The molecule has 0 atom stereocenters. The van der Waals surface area contributed by atoms with Crippen LogP contribution in [0.25, 0.3) is 0 Å². The highest BCUT2D eigenvalue weighted by Gasteiger charge is 2.14. The van der Waals surface area contributed by atoms with Crippen LogP contribution in [0.15, 0.2) is 30.3 Å². The lowest BCUT2D eigenvalue weighted by Gasteiger charge is -2.22. The monoisotopic (exact) mass is 271 g/mol. The molecule has 5 heteroatoms. The summed E-state index contributed by atoms with van der Waals surface area (Å²) in [6, 6.07) is 8.99. The summed E-state index contributed by atoms with van der Waals surface area (Å²) < 4.78 is 0. The van der Waals surface area contributed by atoms with E-state index < -0.39 is 5.97 Å². The van der Waals surface area contributed by atoms with Gasteiger partial charge >= 0.3 is 5.97 Å². The molecule has 0 saturated carbocycles. The van der Waals surface area contributed by atoms with Crippen molar-refractivity contribution in [3.05, 3.63) is 47.2 Å². The summed E-state index contributed by atoms with van der Waals surface area (Å²) in [4.78, 5) is 16.9. The molecule has 0 saturated heterocycles. The number of aromatic carboxylic acids is 1. The van der Waals surface area contributed by atoms with Crippen molar-refractivity contribution in [2.75, 3.05) is 17.7 Å². The van der Waals surface area contributed by atoms with Crippen molar-refractivity contribution >= 4 is 23.2 Å². The van der Waals surface area contributed by atoms with Crippen molar-refractivity contribution in [1.29, 1.82) is 0 Å². The average Bonchev–Trinajstić information content (AvgIpc) is 2.38. The number of nitrogen functional groups attached to an aromatic ring is 1. The molecular formula is C15H17N3O2. The van der Waals surface area contributed by atoms with Crippen molar-refractivity contribution in [2.45, 2.75) is 13.8 Å². The minimum atomic E-state index is -1.07. The fourth-order valence-corrected chi connectivity index (χ4v) is 2.14. The number of carboxylic acids is 1. The normalized spacial score (nSPS) is 10.3. The van der Waals surface area contributed by atoms with Crippen LogP contribution in [0.5, 0.6) is 0 Å². The molecule has 0 radical (unpaired) electrons. The van der Waals surface area contributed by atoms with Gasteiger partial charge in [0.15, 0.2) is 11.5 Å². The Labute approximate surface area is 117 Å². The van der Waals surface area contributed by atoms with Crippen LogP contribution in [-0.4, -0.2) is 23.1 Å². The summed E-state index contributed by atoms with van der Waals surface area (Å²) in [6.07, 6.45) is 0. The van der Waals surface area contributed by atoms with E-state index >= 15 is 0 Å². The van der Waals surface area contributed by atoms with Gasteiger partial charge in [-0.05, 0) is 37.6 Å². The number of carboxylic acid groups (broad SMARTS) is 1. The Morgan fingerprint density at radius 1 is 1.25 bits per heavy atom. The molecule has 1 heterocycles. The molecule has 2 rings (SSSR count). The van der Waals surface area contributed by atoms with Crippen molar-refractivity contribution in [2.24, 2.45) is 0 Å². The second kappa shape index (κ2) is 5.21. The number of hydrogen-bond acceptors (Lipinski definition) is 4. The van der Waals surface area contributed by atoms with Gasteiger partial charge in [0.25, 0.3) is 0 Å². The van der Waals surface area contributed by atoms with Gasteiger partial charge in [0.1, 0.15) is 0 Å². The Kier molecular flexibility index (Phi) is 3.61. The summed E-state index contributed by atoms with van der Waals surface area (Å²) in [5, 5.41) is 9.02. The lowest BCUT2D eigenvalue weighted by atomic mass is 10.1. The zero-order valence-corrected chi connectivity index (χ0v) is 11.7. The summed E-state index contributed by atoms with van der Waals surface area (Å²) >= 11 is 0. The standard InChI is InChI=1S/C15H17N3O2/c1-9-4-7-13(10(2)8-9)18(3)14-11(16)5-6-12(17-14)15(19)20/h4-8H,16H2,1-3H3,(H,19,20). The van der Waals surface area contributed by atoms with E-state index in [2.05, 4.69) is 11.1 Å². The van der Waals surface area contributed by atoms with Crippen LogP contribution in [0.4, 0.5) is 17.2 Å². The van der Waals surface area contributed by atoms with Gasteiger partial charge in [-0.1, -0.05) is 17.7 Å². The maximum absolute atomic E-state index is 11.0. The predicted octanol–water partition coefficient (Wildman–Crippen LogP) is 2.75. The highest BCUT2D eigenvalue weighted by atomic mass is 16.4. The minimum absolute atomic E-state index is 0.0224. The maximum atomic E-state index is 11.0. The number of hydrogen-bond donors (Lipinski definition) is 2. The highest BCUT2D eigenvalue weighted by molar-refractivity contribution is 5.87. The molecule has 0 fully saturated rings. The van der Waals surface area contributed by atoms with Crippen LogP contribution >= 0.6 is 0 Å². The van der Waals surface area contributed by atoms with E-state index in [0.717, 1.165) is 11.3 Å². The van der Waals surface area contributed by atoms with Crippen LogP contribution in [0.2, 0.25) is 0 Å². The van der Waals surface area contributed by atoms with E-state index in [1.807, 2.05) is 33.0 Å². The molecule has 0 aliphatic heterocycles. The fourth-order valence-electron chi connectivity index (χ4n) is 2.14. The molecule has 3 N–H and O–H groups in total. The first-order chi connectivity index (χ1) is 9.40. The van der Waals surface area contributed by atoms with Gasteiger partial charge < -0.3 is 15.7 Å². The molecule has 0 spiro atoms. The molecule has 104 valence electrons. The number of aromatic nitrogens is 1. The molecule has 0 aliphatic rings. The zero-order valence-electron chi connectivity index (χ0n) is 11.7. The van der Waals surface area contributed by atoms with Crippen molar-refractivity contribution in [3.8, 4) is 0 Å². The number of nitrogens with two attached hydrogens (primary N) is 1. The quantitative estimate of drug-likeness (QED) is 0.897. The van der Waals surface area contributed by atoms with Crippen LogP contribution < -0.4 is 10.6 Å². The first kappa shape index (κ1) is 13.9. The Bertz CT molecular complexity index is 668. The summed E-state index contributed by atoms with van der Waals surface area (Å²) in [5.74, 6) is -0.628. The number of carbonyl (C=O) groups is 1. The van der Waals surface area contributed by atoms with E-state index in [9.17, 15) is 4.79 Å². The Morgan fingerprint density at radius 3 is 2.55 bits per heavy atom. The molecule has 1 aromatic carbocycles. The fraction of sp³-hybridized carbons (Fsp3) is 0.200. The molecule has 1 aromatic heterocycles. The third-order valence-electron chi connectivity index (χ3n) is 3.16. The number of aryl methyl sites for hydroxylation is 2. The third-order valence-corrected chi connectivity index (χ3v) is 3.16. The van der Waals surface area contributed by atoms with Crippen molar-refractivity contribution in [3.63, 3.8) is 0 Å². The van der Waals surface area contributed by atoms with E-state index in [-0.39, 0.29) is 5.69 Å². The van der Waals surface area contributed by atoms with E-state index in [1.165, 1.54) is 11.6 Å². The number of pyridine rings is 1.